The van der Waals surface area contributed by atoms with E-state index in [1.54, 1.807) is 0 Å². The van der Waals surface area contributed by atoms with Crippen molar-refractivity contribution in [3.05, 3.63) is 29.8 Å². The molecule has 10 heteroatoms. The van der Waals surface area contributed by atoms with Gasteiger partial charge in [0.2, 0.25) is 0 Å². The van der Waals surface area contributed by atoms with Crippen LogP contribution in [0, 0.1) is 0 Å². The van der Waals surface area contributed by atoms with Crippen LogP contribution in [0.2, 0.25) is 0 Å². The van der Waals surface area contributed by atoms with Crippen molar-refractivity contribution in [3.8, 4) is 11.5 Å². The number of aliphatic carboxylic acids is 1. The van der Waals surface area contributed by atoms with Gasteiger partial charge in [-0.25, -0.2) is 8.42 Å². The fourth-order valence-electron chi connectivity index (χ4n) is 1.05. The molecule has 98 valence electrons. The Bertz CT molecular complexity index is 674. The smallest absolute Gasteiger partial charge is 0.716 e. The number of methoxy groups -OCH3 is 1. The Kier molecular flexibility index (Phi) is 7.99. The second-order valence-electron chi connectivity index (χ2n) is 2.95. The molecule has 0 heterocycles. The number of ether oxygens (including phenoxy) is 1. The summed E-state index contributed by atoms with van der Waals surface area (Å²) < 4.78 is 61.1. The van der Waals surface area contributed by atoms with Gasteiger partial charge in [0.1, 0.15) is 0 Å². The maximum Gasteiger partial charge on any atom is 1.00 e. The summed E-state index contributed by atoms with van der Waals surface area (Å²) in [5.74, 6) is -2.70. The molecule has 0 bridgehead atoms. The van der Waals surface area contributed by atoms with E-state index in [2.05, 4.69) is 8.92 Å². The van der Waals surface area contributed by atoms with E-state index in [-0.39, 0.29) is 64.7 Å². The minimum Gasteiger partial charge on any atom is -0.716 e. The van der Waals surface area contributed by atoms with Gasteiger partial charge in [-0.2, -0.15) is 0 Å². The zero-order valence-corrected chi connectivity index (χ0v) is 15.5. The topological polar surface area (TPSA) is 116 Å². The van der Waals surface area contributed by atoms with Gasteiger partial charge < -0.3 is 23.4 Å². The predicted octanol–water partition coefficient (Wildman–Crippen LogP) is -6.69. The molecule has 0 fully saturated rings. The van der Waals surface area contributed by atoms with Gasteiger partial charge in [0.15, 0.2) is 11.5 Å². The Balaban J connectivity index is 0. The van der Waals surface area contributed by atoms with Crippen molar-refractivity contribution in [1.29, 1.82) is 0 Å². The summed E-state index contributed by atoms with van der Waals surface area (Å²) in [6.07, 6.45) is 1.67. The molecule has 0 atom stereocenters. The molecule has 0 aliphatic rings. The van der Waals surface area contributed by atoms with Crippen LogP contribution < -0.4 is 73.1 Å². The van der Waals surface area contributed by atoms with Crippen molar-refractivity contribution < 1.29 is 95.0 Å². The van der Waals surface area contributed by atoms with E-state index in [1.165, 1.54) is 6.07 Å². The first kappa shape index (κ1) is 16.3. The normalized spacial score (nSPS) is 13.2. The Morgan fingerprint density at radius 1 is 1.35 bits per heavy atom. The minimum absolute atomic E-state index is 0. The molecule has 0 spiro atoms. The molecule has 1 aromatic rings. The first-order valence-electron chi connectivity index (χ1n) is 5.84. The summed E-state index contributed by atoms with van der Waals surface area (Å²) in [5, 5.41) is 10.3. The fourth-order valence-corrected chi connectivity index (χ4v) is 1.40. The summed E-state index contributed by atoms with van der Waals surface area (Å²) >= 11 is 0. The number of hydrogen-bond donors (Lipinski definition) is 0. The van der Waals surface area contributed by atoms with Gasteiger partial charge in [-0.05, 0) is 23.8 Å². The molecule has 1 rings (SSSR count). The molecule has 0 saturated carbocycles. The van der Waals surface area contributed by atoms with E-state index in [0.717, 1.165) is 18.2 Å². The van der Waals surface area contributed by atoms with E-state index < -0.39 is 34.9 Å². The number of carboxylic acid groups (broad SMARTS) is 1. The average Bonchev–Trinajstić information content (AvgIpc) is 2.25. The van der Waals surface area contributed by atoms with Crippen LogP contribution in [0.3, 0.4) is 0 Å². The van der Waals surface area contributed by atoms with E-state index in [1.807, 2.05) is 0 Å². The number of rotatable bonds is 5. The molecule has 7 nitrogen and oxygen atoms in total. The zero-order valence-electron chi connectivity index (χ0n) is 13.7. The minimum atomic E-state index is -5.17. The largest absolute Gasteiger partial charge is 1.00 e. The zero-order chi connectivity index (χ0) is 16.3. The first-order chi connectivity index (χ1) is 9.46. The van der Waals surface area contributed by atoms with Crippen LogP contribution >= 0.6 is 0 Å². The monoisotopic (exact) mass is 321 g/mol. The van der Waals surface area contributed by atoms with Crippen LogP contribution in [0.25, 0.3) is 6.08 Å². The van der Waals surface area contributed by atoms with Gasteiger partial charge >= 0.3 is 59.1 Å². The van der Waals surface area contributed by atoms with Crippen LogP contribution in [0.4, 0.5) is 0 Å². The molecular weight excluding hydrogens is 310 g/mol. The maximum absolute atomic E-state index is 10.6. The van der Waals surface area contributed by atoms with E-state index in [9.17, 15) is 22.9 Å². The van der Waals surface area contributed by atoms with Gasteiger partial charge in [-0.15, -0.1) is 0 Å². The number of hydrogen-bond acceptors (Lipinski definition) is 7. The van der Waals surface area contributed by atoms with Gasteiger partial charge in [-0.3, -0.25) is 0 Å². The maximum atomic E-state index is 10.6. The molecular formula is C10H8Na2O7S. The van der Waals surface area contributed by atoms with Gasteiger partial charge in [0.25, 0.3) is 10.4 Å². The molecule has 0 amide bonds. The van der Waals surface area contributed by atoms with E-state index >= 15 is 0 Å². The predicted molar refractivity (Wildman–Crippen MR) is 57.4 cm³/mol. The van der Waals surface area contributed by atoms with Crippen LogP contribution in [0.1, 0.15) is 9.68 Å². The molecule has 0 saturated heterocycles. The Labute approximate surface area is 164 Å². The third kappa shape index (κ3) is 8.28. The van der Waals surface area contributed by atoms with E-state index in [0.29, 0.717) is 6.08 Å². The van der Waals surface area contributed by atoms with Crippen LogP contribution in [-0.4, -0.2) is 26.0 Å². The van der Waals surface area contributed by atoms with Crippen molar-refractivity contribution >= 4 is 22.4 Å². The number of carbonyl (C=O) groups excluding carboxylic acids is 1. The SMILES string of the molecule is [2H]C([2H])([2H])Oc1ccc(/C=C/C(=O)[O-])cc1OS(=O)(=O)[O-].[Na+].[Na+]. The average molecular weight is 321 g/mol. The third-order valence-electron chi connectivity index (χ3n) is 1.68. The second kappa shape index (κ2) is 9.80. The summed E-state index contributed by atoms with van der Waals surface area (Å²) in [4.78, 5) is 10.3. The standard InChI is InChI=1S/C10H10O7S.2Na/c1-16-8-4-2-7(3-5-10(11)12)6-9(8)17-18(13,14)15;;/h2-6H,1H3,(H,11,12)(H,13,14,15);;/q;2*+1/p-2/b5-3+;;/i1D3;;. The summed E-state index contributed by atoms with van der Waals surface area (Å²) in [5.41, 5.74) is 0.121. The van der Waals surface area contributed by atoms with Crippen molar-refractivity contribution in [1.82, 2.24) is 0 Å². The van der Waals surface area contributed by atoms with Gasteiger partial charge in [0.05, 0.1) is 17.1 Å². The quantitative estimate of drug-likeness (QED) is 0.229. The van der Waals surface area contributed by atoms with E-state index in [4.69, 9.17) is 4.11 Å². The van der Waals surface area contributed by atoms with Gasteiger partial charge in [0, 0.05) is 0 Å². The summed E-state index contributed by atoms with van der Waals surface area (Å²) in [7, 11) is -8.07. The molecule has 0 aliphatic carbocycles. The van der Waals surface area contributed by atoms with Crippen molar-refractivity contribution in [2.45, 2.75) is 0 Å². The number of benzene rings is 1. The van der Waals surface area contributed by atoms with Crippen molar-refractivity contribution in [2.75, 3.05) is 7.04 Å². The Morgan fingerprint density at radius 3 is 2.50 bits per heavy atom. The number of carboxylic acids is 1. The summed E-state index contributed by atoms with van der Waals surface area (Å²) in [6, 6.07) is 3.17. The molecule has 0 N–H and O–H groups in total. The Morgan fingerprint density at radius 2 is 2.00 bits per heavy atom. The molecule has 20 heavy (non-hydrogen) atoms. The molecule has 1 aromatic carbocycles. The molecule has 0 aromatic heterocycles. The van der Waals surface area contributed by atoms with Gasteiger partial charge in [-0.1, -0.05) is 12.1 Å². The first-order valence-corrected chi connectivity index (χ1v) is 5.67. The second-order valence-corrected chi connectivity index (χ2v) is 3.94. The molecule has 0 radical (unpaired) electrons. The summed E-state index contributed by atoms with van der Waals surface area (Å²) in [6.45, 7) is 0. The Hall–Kier alpha value is -0.0600. The molecule has 0 aliphatic heterocycles. The van der Waals surface area contributed by atoms with Crippen molar-refractivity contribution in [3.63, 3.8) is 0 Å². The van der Waals surface area contributed by atoms with Crippen LogP contribution in [0.5, 0.6) is 11.5 Å². The fraction of sp³-hybridized carbons (Fsp3) is 0.100. The van der Waals surface area contributed by atoms with Crippen LogP contribution in [0.15, 0.2) is 24.3 Å². The van der Waals surface area contributed by atoms with Crippen molar-refractivity contribution in [2.24, 2.45) is 0 Å². The third-order valence-corrected chi connectivity index (χ3v) is 2.07. The van der Waals surface area contributed by atoms with Crippen LogP contribution in [-0.2, 0) is 15.2 Å². The molecule has 0 unspecified atom stereocenters. The number of carbonyl (C=O) groups is 1.